The molecule has 0 radical (unpaired) electrons. The van der Waals surface area contributed by atoms with Crippen LogP contribution in [0.5, 0.6) is 0 Å². The van der Waals surface area contributed by atoms with Crippen LogP contribution in [0.25, 0.3) is 0 Å². The van der Waals surface area contributed by atoms with Crippen LogP contribution in [0.3, 0.4) is 0 Å². The van der Waals surface area contributed by atoms with E-state index in [4.69, 9.17) is 18.5 Å². The molecule has 0 aliphatic rings. The van der Waals surface area contributed by atoms with E-state index in [1.165, 1.54) is 212 Å². The van der Waals surface area contributed by atoms with Gasteiger partial charge < -0.3 is 27.9 Å². The SMILES string of the molecule is CCCCCCCCCCCCCCCCCCCCCCCCCCCCCC(=O)OC(COC(=O)CCCCCCCCCCCCCC)COP(=O)([O-])OCC[N+](C)(C)C. The summed E-state index contributed by atoms with van der Waals surface area (Å²) in [7, 11) is 1.19. The molecule has 376 valence electrons. The minimum Gasteiger partial charge on any atom is -0.756 e. The Bertz CT molecular complexity index is 1040. The molecule has 0 bridgehead atoms. The molecular weight excluding hydrogens is 810 g/mol. The zero-order chi connectivity index (χ0) is 46.4. The Hall–Kier alpha value is -0.990. The second kappa shape index (κ2) is 46.1. The van der Waals surface area contributed by atoms with Gasteiger partial charge in [-0.1, -0.05) is 251 Å². The van der Waals surface area contributed by atoms with E-state index in [-0.39, 0.29) is 32.0 Å². The normalized spacial score (nSPS) is 13.3. The first-order valence-corrected chi connectivity index (χ1v) is 28.7. The summed E-state index contributed by atoms with van der Waals surface area (Å²) in [5, 5.41) is 0. The third-order valence-electron chi connectivity index (χ3n) is 12.4. The molecule has 0 amide bonds. The molecule has 0 fully saturated rings. The fourth-order valence-electron chi connectivity index (χ4n) is 8.13. The molecule has 0 heterocycles. The molecule has 0 saturated carbocycles. The summed E-state index contributed by atoms with van der Waals surface area (Å²) in [5.74, 6) is -0.815. The molecule has 0 saturated heterocycles. The molecule has 0 aromatic carbocycles. The predicted molar refractivity (Wildman–Crippen MR) is 264 cm³/mol. The number of phosphoric acid groups is 1. The van der Waals surface area contributed by atoms with Gasteiger partial charge in [0.15, 0.2) is 6.10 Å². The van der Waals surface area contributed by atoms with E-state index >= 15 is 0 Å². The average Bonchev–Trinajstić information content (AvgIpc) is 3.24. The second-order valence-electron chi connectivity index (χ2n) is 20.0. The standard InChI is InChI=1S/C53H106NO8P/c1-6-8-10-12-14-16-18-20-21-22-23-24-25-26-27-28-29-30-31-32-33-34-36-38-40-42-44-46-53(56)62-51(50-61-63(57,58)60-48-47-54(3,4)5)49-59-52(55)45-43-41-39-37-35-19-17-15-13-11-9-7-2/h51H,6-50H2,1-5H3. The smallest absolute Gasteiger partial charge is 0.306 e. The number of phosphoric ester groups is 1. The van der Waals surface area contributed by atoms with Crippen molar-refractivity contribution in [3.05, 3.63) is 0 Å². The largest absolute Gasteiger partial charge is 0.756 e. The zero-order valence-electron chi connectivity index (χ0n) is 42.6. The van der Waals surface area contributed by atoms with Crippen molar-refractivity contribution in [3.8, 4) is 0 Å². The van der Waals surface area contributed by atoms with Crippen LogP contribution in [-0.2, 0) is 32.7 Å². The first kappa shape index (κ1) is 62.0. The number of hydrogen-bond acceptors (Lipinski definition) is 8. The lowest BCUT2D eigenvalue weighted by atomic mass is 10.0. The van der Waals surface area contributed by atoms with Gasteiger partial charge in [0.25, 0.3) is 7.82 Å². The number of ether oxygens (including phenoxy) is 2. The number of esters is 2. The number of unbranched alkanes of at least 4 members (excludes halogenated alkanes) is 37. The van der Waals surface area contributed by atoms with Gasteiger partial charge in [-0.05, 0) is 12.8 Å². The fourth-order valence-corrected chi connectivity index (χ4v) is 8.86. The van der Waals surface area contributed by atoms with E-state index in [0.717, 1.165) is 32.1 Å². The Morgan fingerprint density at radius 3 is 1.02 bits per heavy atom. The summed E-state index contributed by atoms with van der Waals surface area (Å²) >= 11 is 0. The van der Waals surface area contributed by atoms with Crippen molar-refractivity contribution in [2.75, 3.05) is 47.5 Å². The molecule has 0 aliphatic heterocycles. The number of carbonyl (C=O) groups is 2. The molecule has 0 N–H and O–H groups in total. The van der Waals surface area contributed by atoms with Crippen molar-refractivity contribution in [2.24, 2.45) is 0 Å². The fraction of sp³-hybridized carbons (Fsp3) is 0.962. The van der Waals surface area contributed by atoms with Gasteiger partial charge in [-0.15, -0.1) is 0 Å². The van der Waals surface area contributed by atoms with E-state index in [0.29, 0.717) is 17.4 Å². The molecule has 0 aromatic rings. The quantitative estimate of drug-likeness (QED) is 0.0257. The summed E-state index contributed by atoms with van der Waals surface area (Å²) in [4.78, 5) is 37.7. The van der Waals surface area contributed by atoms with Crippen molar-refractivity contribution < 1.29 is 42.1 Å². The minimum atomic E-state index is -4.62. The van der Waals surface area contributed by atoms with E-state index in [1.54, 1.807) is 0 Å². The Morgan fingerprint density at radius 2 is 0.714 bits per heavy atom. The Morgan fingerprint density at radius 1 is 0.429 bits per heavy atom. The van der Waals surface area contributed by atoms with Crippen LogP contribution in [0.4, 0.5) is 0 Å². The van der Waals surface area contributed by atoms with Crippen molar-refractivity contribution in [2.45, 2.75) is 283 Å². The van der Waals surface area contributed by atoms with E-state index in [2.05, 4.69) is 13.8 Å². The topological polar surface area (TPSA) is 111 Å². The van der Waals surface area contributed by atoms with Crippen LogP contribution in [-0.4, -0.2) is 70.0 Å². The molecule has 0 aliphatic carbocycles. The molecule has 63 heavy (non-hydrogen) atoms. The van der Waals surface area contributed by atoms with Gasteiger partial charge in [0.2, 0.25) is 0 Å². The Balaban J connectivity index is 4.04. The highest BCUT2D eigenvalue weighted by Gasteiger charge is 2.22. The third-order valence-corrected chi connectivity index (χ3v) is 13.3. The van der Waals surface area contributed by atoms with Crippen LogP contribution < -0.4 is 4.89 Å². The molecule has 0 spiro atoms. The lowest BCUT2D eigenvalue weighted by molar-refractivity contribution is -0.870. The van der Waals surface area contributed by atoms with Crippen LogP contribution in [0.2, 0.25) is 0 Å². The van der Waals surface area contributed by atoms with Gasteiger partial charge in [-0.2, -0.15) is 0 Å². The Labute approximate surface area is 391 Å². The maximum Gasteiger partial charge on any atom is 0.306 e. The van der Waals surface area contributed by atoms with Crippen LogP contribution in [0, 0.1) is 0 Å². The second-order valence-corrected chi connectivity index (χ2v) is 21.4. The minimum absolute atomic E-state index is 0.0254. The summed E-state index contributed by atoms with van der Waals surface area (Å²) in [6.45, 7) is 4.28. The summed E-state index contributed by atoms with van der Waals surface area (Å²) < 4.78 is 34.0. The predicted octanol–water partition coefficient (Wildman–Crippen LogP) is 15.7. The number of hydrogen-bond donors (Lipinski definition) is 0. The molecule has 9 nitrogen and oxygen atoms in total. The third kappa shape index (κ3) is 50.3. The summed E-state index contributed by atoms with van der Waals surface area (Å²) in [6.07, 6.45) is 50.1. The summed E-state index contributed by atoms with van der Waals surface area (Å²) in [5.41, 5.74) is 0. The van der Waals surface area contributed by atoms with E-state index in [1.807, 2.05) is 21.1 Å². The molecule has 2 unspecified atom stereocenters. The maximum atomic E-state index is 12.7. The highest BCUT2D eigenvalue weighted by atomic mass is 31.2. The van der Waals surface area contributed by atoms with Gasteiger partial charge in [0.1, 0.15) is 19.8 Å². The van der Waals surface area contributed by atoms with Crippen molar-refractivity contribution in [3.63, 3.8) is 0 Å². The highest BCUT2D eigenvalue weighted by Crippen LogP contribution is 2.38. The lowest BCUT2D eigenvalue weighted by Crippen LogP contribution is -2.37. The average molecular weight is 916 g/mol. The van der Waals surface area contributed by atoms with Gasteiger partial charge >= 0.3 is 11.9 Å². The van der Waals surface area contributed by atoms with E-state index in [9.17, 15) is 19.0 Å². The molecule has 0 rings (SSSR count). The van der Waals surface area contributed by atoms with Crippen molar-refractivity contribution in [1.29, 1.82) is 0 Å². The first-order valence-electron chi connectivity index (χ1n) is 27.2. The van der Waals surface area contributed by atoms with Crippen LogP contribution >= 0.6 is 7.82 Å². The monoisotopic (exact) mass is 916 g/mol. The zero-order valence-corrected chi connectivity index (χ0v) is 43.5. The summed E-state index contributed by atoms with van der Waals surface area (Å²) in [6, 6.07) is 0. The van der Waals surface area contributed by atoms with Crippen molar-refractivity contribution >= 4 is 19.8 Å². The molecule has 2 atom stereocenters. The van der Waals surface area contributed by atoms with Crippen LogP contribution in [0.1, 0.15) is 277 Å². The lowest BCUT2D eigenvalue weighted by Gasteiger charge is -2.28. The number of carbonyl (C=O) groups excluding carboxylic acids is 2. The van der Waals surface area contributed by atoms with E-state index < -0.39 is 26.5 Å². The van der Waals surface area contributed by atoms with Gasteiger partial charge in [0.05, 0.1) is 27.7 Å². The van der Waals surface area contributed by atoms with Crippen LogP contribution in [0.15, 0.2) is 0 Å². The highest BCUT2D eigenvalue weighted by molar-refractivity contribution is 7.45. The van der Waals surface area contributed by atoms with Gasteiger partial charge in [-0.3, -0.25) is 14.2 Å². The van der Waals surface area contributed by atoms with Gasteiger partial charge in [0, 0.05) is 12.8 Å². The molecular formula is C53H106NO8P. The number of quaternary nitrogens is 1. The van der Waals surface area contributed by atoms with Gasteiger partial charge in [-0.25, -0.2) is 0 Å². The Kier molecular flexibility index (Phi) is 45.4. The number of likely N-dealkylation sites (N-methyl/N-ethyl adjacent to an activating group) is 1. The first-order chi connectivity index (χ1) is 30.5. The number of nitrogens with zero attached hydrogens (tertiary/aromatic N) is 1. The molecule has 10 heteroatoms. The maximum absolute atomic E-state index is 12.7. The number of rotatable bonds is 51. The molecule has 0 aromatic heterocycles. The van der Waals surface area contributed by atoms with Crippen molar-refractivity contribution in [1.82, 2.24) is 0 Å².